The van der Waals surface area contributed by atoms with Crippen LogP contribution in [0.4, 0.5) is 5.69 Å². The zero-order valence-electron chi connectivity index (χ0n) is 11.6. The second-order valence-corrected chi connectivity index (χ2v) is 5.25. The summed E-state index contributed by atoms with van der Waals surface area (Å²) in [6.45, 7) is 1.67. The average molecular weight is 335 g/mol. The van der Waals surface area contributed by atoms with Gasteiger partial charge in [-0.1, -0.05) is 6.07 Å². The minimum absolute atomic E-state index is 0. The molecule has 1 aromatic carbocycles. The summed E-state index contributed by atoms with van der Waals surface area (Å²) < 4.78 is 6.50. The van der Waals surface area contributed by atoms with Gasteiger partial charge in [0.25, 0.3) is 0 Å². The molecule has 19 heavy (non-hydrogen) atoms. The van der Waals surface area contributed by atoms with E-state index in [-0.39, 0.29) is 23.5 Å². The number of hydrogen-bond donors (Lipinski definition) is 3. The van der Waals surface area contributed by atoms with Gasteiger partial charge in [-0.25, -0.2) is 0 Å². The number of benzene rings is 1. The second kappa shape index (κ2) is 8.37. The lowest BCUT2D eigenvalue weighted by molar-refractivity contribution is -0.870. The largest absolute Gasteiger partial charge is 1.00 e. The standard InChI is InChI=1S/C13H23N2O3.BrH/c1-15(2,3)7-8-18-12-6-4-5-11(9-12)14-10-13(16)17;/h4-6,9,13-14,16-17H,7-8,10H2,1-3H3;1H/q+1;/p-1. The number of anilines is 1. The Bertz CT molecular complexity index is 367. The third-order valence-electron chi connectivity index (χ3n) is 2.35. The van der Waals surface area contributed by atoms with Gasteiger partial charge in [0, 0.05) is 11.8 Å². The first kappa shape index (κ1) is 18.2. The normalized spacial score (nSPS) is 11.1. The van der Waals surface area contributed by atoms with Crippen molar-refractivity contribution in [1.29, 1.82) is 0 Å². The summed E-state index contributed by atoms with van der Waals surface area (Å²) in [5.41, 5.74) is 0.811. The van der Waals surface area contributed by atoms with Crippen LogP contribution >= 0.6 is 0 Å². The van der Waals surface area contributed by atoms with Gasteiger partial charge >= 0.3 is 0 Å². The highest BCUT2D eigenvalue weighted by Gasteiger charge is 2.06. The van der Waals surface area contributed by atoms with Crippen LogP contribution in [0.2, 0.25) is 0 Å². The molecule has 0 unspecified atom stereocenters. The van der Waals surface area contributed by atoms with Crippen molar-refractivity contribution in [3.05, 3.63) is 24.3 Å². The third-order valence-corrected chi connectivity index (χ3v) is 2.35. The molecule has 6 heteroatoms. The Morgan fingerprint density at radius 1 is 1.26 bits per heavy atom. The van der Waals surface area contributed by atoms with Crippen molar-refractivity contribution in [3.8, 4) is 5.75 Å². The van der Waals surface area contributed by atoms with Gasteiger partial charge in [0.1, 0.15) is 18.9 Å². The number of quaternary nitrogens is 1. The van der Waals surface area contributed by atoms with E-state index in [4.69, 9.17) is 14.9 Å². The molecule has 1 aromatic rings. The zero-order valence-corrected chi connectivity index (χ0v) is 13.2. The summed E-state index contributed by atoms with van der Waals surface area (Å²) in [7, 11) is 6.35. The van der Waals surface area contributed by atoms with Crippen LogP contribution in [-0.2, 0) is 0 Å². The highest BCUT2D eigenvalue weighted by atomic mass is 79.9. The first-order chi connectivity index (χ1) is 8.37. The van der Waals surface area contributed by atoms with Gasteiger partial charge < -0.3 is 41.7 Å². The van der Waals surface area contributed by atoms with Gasteiger partial charge in [-0.2, -0.15) is 0 Å². The Labute approximate surface area is 125 Å². The average Bonchev–Trinajstić information content (AvgIpc) is 2.25. The lowest BCUT2D eigenvalue weighted by Gasteiger charge is -2.23. The Morgan fingerprint density at radius 2 is 1.95 bits per heavy atom. The van der Waals surface area contributed by atoms with E-state index >= 15 is 0 Å². The Morgan fingerprint density at radius 3 is 2.53 bits per heavy atom. The van der Waals surface area contributed by atoms with Gasteiger partial charge in [-0.15, -0.1) is 0 Å². The lowest BCUT2D eigenvalue weighted by atomic mass is 10.3. The minimum Gasteiger partial charge on any atom is -1.00 e. The number of likely N-dealkylation sites (N-methyl/N-ethyl adjacent to an activating group) is 1. The summed E-state index contributed by atoms with van der Waals surface area (Å²) in [6, 6.07) is 7.46. The maximum Gasteiger partial charge on any atom is 0.169 e. The Hall–Kier alpha value is -0.820. The van der Waals surface area contributed by atoms with Crippen LogP contribution in [0.1, 0.15) is 0 Å². The van der Waals surface area contributed by atoms with E-state index in [1.807, 2.05) is 24.3 Å². The first-order valence-corrected chi connectivity index (χ1v) is 6.00. The van der Waals surface area contributed by atoms with Crippen LogP contribution in [0.3, 0.4) is 0 Å². The number of nitrogens with one attached hydrogen (secondary N) is 1. The van der Waals surface area contributed by atoms with E-state index in [1.54, 1.807) is 0 Å². The fraction of sp³-hybridized carbons (Fsp3) is 0.538. The highest BCUT2D eigenvalue weighted by Crippen LogP contribution is 2.17. The second-order valence-electron chi connectivity index (χ2n) is 5.25. The molecule has 0 aliphatic carbocycles. The van der Waals surface area contributed by atoms with Gasteiger partial charge in [0.15, 0.2) is 6.29 Å². The zero-order chi connectivity index (χ0) is 13.6. The Kier molecular flexibility index (Phi) is 8.01. The molecular formula is C13H23BrN2O3. The van der Waals surface area contributed by atoms with E-state index in [0.29, 0.717) is 6.61 Å². The van der Waals surface area contributed by atoms with Crippen molar-refractivity contribution >= 4 is 5.69 Å². The molecule has 1 rings (SSSR count). The van der Waals surface area contributed by atoms with E-state index in [1.165, 1.54) is 0 Å². The van der Waals surface area contributed by atoms with Gasteiger partial charge in [0.2, 0.25) is 0 Å². The predicted molar refractivity (Wildman–Crippen MR) is 71.6 cm³/mol. The van der Waals surface area contributed by atoms with Gasteiger partial charge in [0.05, 0.1) is 27.7 Å². The SMILES string of the molecule is C[N+](C)(C)CCOc1cccc(NCC(O)O)c1.[Br-]. The topological polar surface area (TPSA) is 61.7 Å². The smallest absolute Gasteiger partial charge is 0.169 e. The Balaban J connectivity index is 0.00000324. The van der Waals surface area contributed by atoms with E-state index in [2.05, 4.69) is 26.5 Å². The molecule has 0 aliphatic heterocycles. The van der Waals surface area contributed by atoms with Crippen molar-refractivity contribution in [2.75, 3.05) is 46.2 Å². The van der Waals surface area contributed by atoms with Crippen molar-refractivity contribution in [2.24, 2.45) is 0 Å². The summed E-state index contributed by atoms with van der Waals surface area (Å²) in [6.07, 6.45) is -1.35. The number of ether oxygens (including phenoxy) is 1. The number of nitrogens with zero attached hydrogens (tertiary/aromatic N) is 1. The summed E-state index contributed by atoms with van der Waals surface area (Å²) in [5, 5.41) is 20.5. The van der Waals surface area contributed by atoms with Crippen molar-refractivity contribution in [1.82, 2.24) is 0 Å². The van der Waals surface area contributed by atoms with Gasteiger partial charge in [-0.05, 0) is 12.1 Å². The number of aliphatic hydroxyl groups excluding tert-OH is 1. The molecule has 0 aliphatic rings. The monoisotopic (exact) mass is 334 g/mol. The third kappa shape index (κ3) is 8.83. The maximum atomic E-state index is 8.77. The van der Waals surface area contributed by atoms with Crippen LogP contribution in [0, 0.1) is 0 Å². The van der Waals surface area contributed by atoms with Crippen LogP contribution < -0.4 is 27.0 Å². The van der Waals surface area contributed by atoms with E-state index in [0.717, 1.165) is 22.5 Å². The van der Waals surface area contributed by atoms with Crippen LogP contribution in [0.15, 0.2) is 24.3 Å². The quantitative estimate of drug-likeness (QED) is 0.381. The number of aliphatic hydroxyl groups is 2. The molecule has 0 amide bonds. The molecule has 0 fully saturated rings. The highest BCUT2D eigenvalue weighted by molar-refractivity contribution is 5.48. The minimum atomic E-state index is -1.35. The fourth-order valence-corrected chi connectivity index (χ4v) is 1.34. The van der Waals surface area contributed by atoms with Crippen molar-refractivity contribution in [2.45, 2.75) is 6.29 Å². The van der Waals surface area contributed by atoms with Gasteiger partial charge in [-0.3, -0.25) is 0 Å². The molecule has 0 spiro atoms. The van der Waals surface area contributed by atoms with Crippen molar-refractivity contribution in [3.63, 3.8) is 0 Å². The summed E-state index contributed by atoms with van der Waals surface area (Å²) in [5.74, 6) is 0.779. The molecule has 0 heterocycles. The molecule has 0 saturated carbocycles. The fourth-order valence-electron chi connectivity index (χ4n) is 1.34. The van der Waals surface area contributed by atoms with Crippen LogP contribution in [0.25, 0.3) is 0 Å². The predicted octanol–water partition coefficient (Wildman–Crippen LogP) is -2.50. The molecule has 0 aromatic heterocycles. The van der Waals surface area contributed by atoms with Crippen LogP contribution in [-0.4, -0.2) is 61.8 Å². The summed E-state index contributed by atoms with van der Waals surface area (Å²) in [4.78, 5) is 0. The first-order valence-electron chi connectivity index (χ1n) is 6.00. The molecule has 0 radical (unpaired) electrons. The number of halogens is 1. The van der Waals surface area contributed by atoms with Crippen molar-refractivity contribution < 1.29 is 36.4 Å². The number of rotatable bonds is 7. The maximum absolute atomic E-state index is 8.77. The van der Waals surface area contributed by atoms with Crippen LogP contribution in [0.5, 0.6) is 5.75 Å². The van der Waals surface area contributed by atoms with E-state index < -0.39 is 6.29 Å². The molecule has 0 bridgehead atoms. The molecule has 0 atom stereocenters. The van der Waals surface area contributed by atoms with E-state index in [9.17, 15) is 0 Å². The molecule has 0 saturated heterocycles. The molecule has 110 valence electrons. The molecular weight excluding hydrogens is 312 g/mol. The lowest BCUT2D eigenvalue weighted by Crippen LogP contribution is -3.00. The summed E-state index contributed by atoms with van der Waals surface area (Å²) >= 11 is 0. The molecule has 5 nitrogen and oxygen atoms in total. The molecule has 3 N–H and O–H groups in total. The number of hydrogen-bond acceptors (Lipinski definition) is 4.